The number of nitrogens with zero attached hydrogens (tertiary/aromatic N) is 6. The van der Waals surface area contributed by atoms with E-state index in [1.807, 2.05) is 12.1 Å². The second kappa shape index (κ2) is 9.84. The van der Waals surface area contributed by atoms with Crippen molar-refractivity contribution in [1.29, 1.82) is 0 Å². The summed E-state index contributed by atoms with van der Waals surface area (Å²) in [5, 5.41) is 15.6. The zero-order valence-corrected chi connectivity index (χ0v) is 18.6. The molecule has 0 bridgehead atoms. The number of benzene rings is 2. The van der Waals surface area contributed by atoms with Crippen molar-refractivity contribution < 1.29 is 14.3 Å². The summed E-state index contributed by atoms with van der Waals surface area (Å²) < 4.78 is 12.4. The molecular weight excluding hydrogens is 434 g/mol. The van der Waals surface area contributed by atoms with Gasteiger partial charge in [-0.15, -0.1) is 5.10 Å². The number of carbonyl (C=O) groups excluding carboxylic acids is 1. The fourth-order valence-corrected chi connectivity index (χ4v) is 3.70. The van der Waals surface area contributed by atoms with Gasteiger partial charge in [0, 0.05) is 31.2 Å². The zero-order valence-electron chi connectivity index (χ0n) is 17.9. The summed E-state index contributed by atoms with van der Waals surface area (Å²) in [6.07, 6.45) is 0. The molecule has 32 heavy (non-hydrogen) atoms. The molecule has 168 valence electrons. The summed E-state index contributed by atoms with van der Waals surface area (Å²) >= 11 is 5.97. The van der Waals surface area contributed by atoms with Gasteiger partial charge in [-0.05, 0) is 46.8 Å². The van der Waals surface area contributed by atoms with Crippen molar-refractivity contribution in [3.8, 4) is 17.2 Å². The highest BCUT2D eigenvalue weighted by atomic mass is 35.5. The van der Waals surface area contributed by atoms with Gasteiger partial charge in [-0.3, -0.25) is 4.90 Å². The standard InChI is InChI=1S/C21H24ClN7O3/c1-31-18-5-3-4-17(20(18)32-2)23-21(30)28-12-10-27(11-13-28)14-19-24-25-26-29(19)16-8-6-15(22)7-9-16/h3-9H,10-14H2,1-2H3,(H,23,30). The van der Waals surface area contributed by atoms with Gasteiger partial charge in [0.1, 0.15) is 0 Å². The molecular formula is C21H24ClN7O3. The molecule has 1 aromatic heterocycles. The van der Waals surface area contributed by atoms with Crippen LogP contribution in [0.5, 0.6) is 11.5 Å². The number of urea groups is 1. The lowest BCUT2D eigenvalue weighted by Crippen LogP contribution is -2.49. The lowest BCUT2D eigenvalue weighted by molar-refractivity contribution is 0.140. The van der Waals surface area contributed by atoms with Crippen LogP contribution in [0, 0.1) is 0 Å². The molecule has 0 saturated carbocycles. The maximum Gasteiger partial charge on any atom is 0.322 e. The highest BCUT2D eigenvalue weighted by molar-refractivity contribution is 6.30. The fourth-order valence-electron chi connectivity index (χ4n) is 3.58. The molecule has 4 rings (SSSR count). The van der Waals surface area contributed by atoms with Crippen LogP contribution in [0.2, 0.25) is 5.02 Å². The highest BCUT2D eigenvalue weighted by Gasteiger charge is 2.24. The number of para-hydroxylation sites is 1. The number of ether oxygens (including phenoxy) is 2. The number of methoxy groups -OCH3 is 2. The zero-order chi connectivity index (χ0) is 22.5. The molecule has 1 saturated heterocycles. The molecule has 0 aliphatic carbocycles. The molecule has 0 spiro atoms. The molecule has 3 aromatic rings. The van der Waals surface area contributed by atoms with Crippen LogP contribution in [0.3, 0.4) is 0 Å². The number of aromatic nitrogens is 4. The van der Waals surface area contributed by atoms with Gasteiger partial charge in [-0.1, -0.05) is 17.7 Å². The number of halogens is 1. The minimum atomic E-state index is -0.179. The van der Waals surface area contributed by atoms with Crippen molar-refractivity contribution in [1.82, 2.24) is 30.0 Å². The number of rotatable bonds is 6. The summed E-state index contributed by atoms with van der Waals surface area (Å²) in [7, 11) is 3.11. The number of tetrazole rings is 1. The van der Waals surface area contributed by atoms with Gasteiger partial charge in [-0.2, -0.15) is 4.68 Å². The Morgan fingerprint density at radius 3 is 2.50 bits per heavy atom. The normalized spacial score (nSPS) is 14.3. The van der Waals surface area contributed by atoms with Crippen LogP contribution in [-0.4, -0.2) is 76.4 Å². The van der Waals surface area contributed by atoms with E-state index in [1.165, 1.54) is 0 Å². The Hall–Kier alpha value is -3.37. The van der Waals surface area contributed by atoms with E-state index in [2.05, 4.69) is 25.7 Å². The molecule has 0 radical (unpaired) electrons. The van der Waals surface area contributed by atoms with Gasteiger partial charge in [0.2, 0.25) is 0 Å². The topological polar surface area (TPSA) is 97.6 Å². The lowest BCUT2D eigenvalue weighted by atomic mass is 10.2. The largest absolute Gasteiger partial charge is 0.493 e. The summed E-state index contributed by atoms with van der Waals surface area (Å²) in [6.45, 7) is 3.16. The maximum absolute atomic E-state index is 12.8. The van der Waals surface area contributed by atoms with E-state index in [0.29, 0.717) is 54.9 Å². The lowest BCUT2D eigenvalue weighted by Gasteiger charge is -2.34. The third-order valence-corrected chi connectivity index (χ3v) is 5.53. The van der Waals surface area contributed by atoms with E-state index in [4.69, 9.17) is 21.1 Å². The smallest absolute Gasteiger partial charge is 0.322 e. The van der Waals surface area contributed by atoms with Crippen LogP contribution in [0.25, 0.3) is 5.69 Å². The van der Waals surface area contributed by atoms with E-state index in [9.17, 15) is 4.79 Å². The second-order valence-corrected chi connectivity index (χ2v) is 7.65. The Balaban J connectivity index is 1.35. The Morgan fingerprint density at radius 1 is 1.06 bits per heavy atom. The van der Waals surface area contributed by atoms with Crippen molar-refractivity contribution in [3.63, 3.8) is 0 Å². The molecule has 1 aliphatic heterocycles. The molecule has 11 heteroatoms. The molecule has 1 N–H and O–H groups in total. The van der Waals surface area contributed by atoms with Gasteiger partial charge >= 0.3 is 6.03 Å². The van der Waals surface area contributed by atoms with Gasteiger partial charge < -0.3 is 19.7 Å². The monoisotopic (exact) mass is 457 g/mol. The van der Waals surface area contributed by atoms with Crippen molar-refractivity contribution in [2.24, 2.45) is 0 Å². The Kier molecular flexibility index (Phi) is 6.72. The average molecular weight is 458 g/mol. The molecule has 10 nitrogen and oxygen atoms in total. The first-order chi connectivity index (χ1) is 15.6. The predicted molar refractivity (Wildman–Crippen MR) is 120 cm³/mol. The Morgan fingerprint density at radius 2 is 1.81 bits per heavy atom. The van der Waals surface area contributed by atoms with Crippen molar-refractivity contribution in [2.45, 2.75) is 6.54 Å². The summed E-state index contributed by atoms with van der Waals surface area (Å²) in [6, 6.07) is 12.5. The SMILES string of the molecule is COc1cccc(NC(=O)N2CCN(Cc3nnnn3-c3ccc(Cl)cc3)CC2)c1OC. The number of carbonyl (C=O) groups is 1. The summed E-state index contributed by atoms with van der Waals surface area (Å²) in [4.78, 5) is 16.8. The molecule has 1 fully saturated rings. The number of hydrogen-bond donors (Lipinski definition) is 1. The maximum atomic E-state index is 12.8. The van der Waals surface area contributed by atoms with E-state index >= 15 is 0 Å². The first-order valence-corrected chi connectivity index (χ1v) is 10.5. The molecule has 0 unspecified atom stereocenters. The predicted octanol–water partition coefficient (Wildman–Crippen LogP) is 2.68. The quantitative estimate of drug-likeness (QED) is 0.607. The summed E-state index contributed by atoms with van der Waals surface area (Å²) in [5.74, 6) is 1.79. The van der Waals surface area contributed by atoms with Gasteiger partial charge in [-0.25, -0.2) is 4.79 Å². The average Bonchev–Trinajstić information content (AvgIpc) is 3.27. The number of anilines is 1. The van der Waals surface area contributed by atoms with Crippen LogP contribution in [0.1, 0.15) is 5.82 Å². The number of amides is 2. The van der Waals surface area contributed by atoms with Crippen LogP contribution in [0.15, 0.2) is 42.5 Å². The van der Waals surface area contributed by atoms with Crippen LogP contribution in [-0.2, 0) is 6.54 Å². The number of piperazine rings is 1. The fraction of sp³-hybridized carbons (Fsp3) is 0.333. The van der Waals surface area contributed by atoms with Crippen molar-refractivity contribution >= 4 is 23.3 Å². The van der Waals surface area contributed by atoms with Crippen LogP contribution >= 0.6 is 11.6 Å². The van der Waals surface area contributed by atoms with Gasteiger partial charge in [0.25, 0.3) is 0 Å². The van der Waals surface area contributed by atoms with E-state index in [0.717, 1.165) is 11.5 Å². The third-order valence-electron chi connectivity index (χ3n) is 5.27. The minimum Gasteiger partial charge on any atom is -0.493 e. The van der Waals surface area contributed by atoms with Crippen molar-refractivity contribution in [3.05, 3.63) is 53.3 Å². The second-order valence-electron chi connectivity index (χ2n) is 7.22. The number of hydrogen-bond acceptors (Lipinski definition) is 7. The van der Waals surface area contributed by atoms with E-state index < -0.39 is 0 Å². The Labute approximate surface area is 190 Å². The number of nitrogens with one attached hydrogen (secondary N) is 1. The molecule has 2 aromatic carbocycles. The van der Waals surface area contributed by atoms with Crippen LogP contribution < -0.4 is 14.8 Å². The molecule has 2 heterocycles. The first-order valence-electron chi connectivity index (χ1n) is 10.1. The highest BCUT2D eigenvalue weighted by Crippen LogP contribution is 2.34. The molecule has 1 aliphatic rings. The van der Waals surface area contributed by atoms with Crippen molar-refractivity contribution in [2.75, 3.05) is 45.7 Å². The van der Waals surface area contributed by atoms with Crippen LogP contribution in [0.4, 0.5) is 10.5 Å². The molecule has 2 amide bonds. The van der Waals surface area contributed by atoms with Gasteiger partial charge in [0.05, 0.1) is 32.1 Å². The minimum absolute atomic E-state index is 0.179. The van der Waals surface area contributed by atoms with Gasteiger partial charge in [0.15, 0.2) is 17.3 Å². The van der Waals surface area contributed by atoms with E-state index in [1.54, 1.807) is 54.1 Å². The third kappa shape index (κ3) is 4.76. The first kappa shape index (κ1) is 21.8. The Bertz CT molecular complexity index is 1070. The van der Waals surface area contributed by atoms with E-state index in [-0.39, 0.29) is 6.03 Å². The molecule has 0 atom stereocenters. The summed E-state index contributed by atoms with van der Waals surface area (Å²) in [5.41, 5.74) is 1.42.